The molecular weight excluding hydrogens is 488 g/mol. The van der Waals surface area contributed by atoms with Crippen LogP contribution in [0, 0.1) is 11.3 Å². The number of carbonyl (C=O) groups is 1. The number of phenolic OH excluding ortho intramolecular Hbond substituents is 1. The van der Waals surface area contributed by atoms with Crippen LogP contribution in [0.3, 0.4) is 0 Å². The van der Waals surface area contributed by atoms with Crippen molar-refractivity contribution in [1.82, 2.24) is 4.90 Å². The predicted molar refractivity (Wildman–Crippen MR) is 147 cm³/mol. The topological polar surface area (TPSA) is 64.4 Å². The number of Topliss-reactive ketones (excluding diaryl/α,β-unsaturated/α-hetero) is 1. The molecule has 2 aromatic rings. The number of rotatable bonds is 5. The zero-order valence-corrected chi connectivity index (χ0v) is 23.7. The standard InChI is InChI=1S/C29H40N2O2.BrH/c1-27(2,3)22-15-20(16-23(25(22)33)28(4,5)6)24(32)18-31-26(30)21(17-29(31,7)8)14-19-12-10-9-11-13-19;/h9-13,15-16,21,30,33H,14,17-18H2,1-8H3;1H. The van der Waals surface area contributed by atoms with Crippen LogP contribution in [0.15, 0.2) is 42.5 Å². The Kier molecular flexibility index (Phi) is 8.14. The minimum Gasteiger partial charge on any atom is -0.507 e. The highest BCUT2D eigenvalue weighted by molar-refractivity contribution is 8.93. The van der Waals surface area contributed by atoms with Crippen molar-refractivity contribution in [3.05, 3.63) is 64.7 Å². The van der Waals surface area contributed by atoms with Gasteiger partial charge in [0.25, 0.3) is 0 Å². The number of carbonyl (C=O) groups excluding carboxylic acids is 1. The van der Waals surface area contributed by atoms with Gasteiger partial charge < -0.3 is 10.0 Å². The SMILES string of the molecule is Br.CC(C)(C)c1cc(C(=O)CN2C(=N)C(Cc3ccccc3)CC2(C)C)cc(C(C)(C)C)c1O. The monoisotopic (exact) mass is 528 g/mol. The van der Waals surface area contributed by atoms with E-state index in [0.29, 0.717) is 11.4 Å². The first kappa shape index (κ1) is 28.1. The number of phenols is 1. The van der Waals surface area contributed by atoms with Gasteiger partial charge in [0.2, 0.25) is 0 Å². The smallest absolute Gasteiger partial charge is 0.182 e. The van der Waals surface area contributed by atoms with Crippen molar-refractivity contribution >= 4 is 28.6 Å². The largest absolute Gasteiger partial charge is 0.507 e. The number of aromatic hydroxyl groups is 1. The summed E-state index contributed by atoms with van der Waals surface area (Å²) in [6, 6.07) is 14.0. The van der Waals surface area contributed by atoms with Crippen molar-refractivity contribution in [1.29, 1.82) is 5.41 Å². The molecule has 0 radical (unpaired) electrons. The summed E-state index contributed by atoms with van der Waals surface area (Å²) < 4.78 is 0. The van der Waals surface area contributed by atoms with Gasteiger partial charge in [0.15, 0.2) is 5.78 Å². The molecule has 34 heavy (non-hydrogen) atoms. The molecule has 2 N–H and O–H groups in total. The minimum atomic E-state index is -0.291. The van der Waals surface area contributed by atoms with Crippen LogP contribution in [0.5, 0.6) is 5.75 Å². The number of hydrogen-bond acceptors (Lipinski definition) is 3. The van der Waals surface area contributed by atoms with Gasteiger partial charge in [0.1, 0.15) is 11.6 Å². The summed E-state index contributed by atoms with van der Waals surface area (Å²) in [6.07, 6.45) is 1.67. The first-order valence-electron chi connectivity index (χ1n) is 11.9. The zero-order valence-electron chi connectivity index (χ0n) is 22.0. The number of amidine groups is 1. The molecule has 186 valence electrons. The van der Waals surface area contributed by atoms with Gasteiger partial charge in [-0.05, 0) is 55.2 Å². The van der Waals surface area contributed by atoms with Gasteiger partial charge >= 0.3 is 0 Å². The van der Waals surface area contributed by atoms with Gasteiger partial charge in [-0.25, -0.2) is 0 Å². The van der Waals surface area contributed by atoms with Crippen molar-refractivity contribution in [3.63, 3.8) is 0 Å². The molecule has 1 fully saturated rings. The lowest BCUT2D eigenvalue weighted by Crippen LogP contribution is -2.44. The molecular formula is C29H41BrN2O2. The van der Waals surface area contributed by atoms with Crippen LogP contribution in [-0.4, -0.2) is 33.7 Å². The fraction of sp³-hybridized carbons (Fsp3) is 0.517. The van der Waals surface area contributed by atoms with E-state index in [4.69, 9.17) is 5.41 Å². The lowest BCUT2D eigenvalue weighted by atomic mass is 9.78. The third-order valence-corrected chi connectivity index (χ3v) is 6.83. The van der Waals surface area contributed by atoms with Crippen LogP contribution < -0.4 is 0 Å². The third-order valence-electron chi connectivity index (χ3n) is 6.83. The van der Waals surface area contributed by atoms with Gasteiger partial charge in [0.05, 0.1) is 6.54 Å². The molecule has 1 aliphatic rings. The first-order chi connectivity index (χ1) is 15.1. The van der Waals surface area contributed by atoms with E-state index in [1.54, 1.807) is 0 Å². The molecule has 0 spiro atoms. The summed E-state index contributed by atoms with van der Waals surface area (Å²) in [5.74, 6) is 0.918. The molecule has 1 unspecified atom stereocenters. The number of likely N-dealkylation sites (tertiary alicyclic amines) is 1. The number of halogens is 1. The van der Waals surface area contributed by atoms with Crippen molar-refractivity contribution in [2.24, 2.45) is 5.92 Å². The van der Waals surface area contributed by atoms with Crippen LogP contribution >= 0.6 is 17.0 Å². The highest BCUT2D eigenvalue weighted by atomic mass is 79.9. The Labute approximate surface area is 216 Å². The average Bonchev–Trinajstić information content (AvgIpc) is 2.89. The lowest BCUT2D eigenvalue weighted by Gasteiger charge is -2.33. The van der Waals surface area contributed by atoms with Crippen LogP contribution in [-0.2, 0) is 17.3 Å². The summed E-state index contributed by atoms with van der Waals surface area (Å²) in [6.45, 7) is 16.7. The molecule has 1 heterocycles. The maximum absolute atomic E-state index is 13.5. The van der Waals surface area contributed by atoms with Gasteiger partial charge in [-0.3, -0.25) is 10.2 Å². The fourth-order valence-corrected chi connectivity index (χ4v) is 4.90. The molecule has 0 aliphatic carbocycles. The van der Waals surface area contributed by atoms with Crippen molar-refractivity contribution in [2.45, 2.75) is 84.6 Å². The second-order valence-electron chi connectivity index (χ2n) is 12.2. The zero-order chi connectivity index (χ0) is 24.8. The molecule has 4 nitrogen and oxygen atoms in total. The second-order valence-corrected chi connectivity index (χ2v) is 12.2. The van der Waals surface area contributed by atoms with E-state index in [1.165, 1.54) is 5.56 Å². The molecule has 5 heteroatoms. The second kappa shape index (κ2) is 9.85. The summed E-state index contributed by atoms with van der Waals surface area (Å²) >= 11 is 0. The summed E-state index contributed by atoms with van der Waals surface area (Å²) in [4.78, 5) is 15.5. The highest BCUT2D eigenvalue weighted by Gasteiger charge is 2.43. The predicted octanol–water partition coefficient (Wildman–Crippen LogP) is 7.07. The van der Waals surface area contributed by atoms with Crippen LogP contribution in [0.25, 0.3) is 0 Å². The summed E-state index contributed by atoms with van der Waals surface area (Å²) in [5, 5.41) is 19.9. The molecule has 0 aromatic heterocycles. The average molecular weight is 530 g/mol. The van der Waals surface area contributed by atoms with E-state index in [-0.39, 0.29) is 57.3 Å². The Morgan fingerprint density at radius 1 is 1.03 bits per heavy atom. The molecule has 1 saturated heterocycles. The molecule has 1 atom stereocenters. The van der Waals surface area contributed by atoms with E-state index in [1.807, 2.05) is 35.2 Å². The van der Waals surface area contributed by atoms with Crippen molar-refractivity contribution in [2.75, 3.05) is 6.54 Å². The number of nitrogens with zero attached hydrogens (tertiary/aromatic N) is 1. The Morgan fingerprint density at radius 2 is 1.53 bits per heavy atom. The Balaban J connectivity index is 0.00000408. The van der Waals surface area contributed by atoms with Crippen LogP contribution in [0.2, 0.25) is 0 Å². The van der Waals surface area contributed by atoms with Gasteiger partial charge in [-0.15, -0.1) is 17.0 Å². The highest BCUT2D eigenvalue weighted by Crippen LogP contribution is 2.40. The Bertz CT molecular complexity index is 1010. The number of benzene rings is 2. The molecule has 0 bridgehead atoms. The van der Waals surface area contributed by atoms with Gasteiger partial charge in [-0.1, -0.05) is 71.9 Å². The Hall–Kier alpha value is -2.14. The first-order valence-corrected chi connectivity index (χ1v) is 11.9. The van der Waals surface area contributed by atoms with Crippen molar-refractivity contribution < 1.29 is 9.90 Å². The van der Waals surface area contributed by atoms with E-state index in [9.17, 15) is 9.90 Å². The normalized spacial score (nSPS) is 18.1. The number of nitrogens with one attached hydrogen (secondary N) is 1. The number of hydrogen-bond donors (Lipinski definition) is 2. The lowest BCUT2D eigenvalue weighted by molar-refractivity contribution is 0.0925. The quantitative estimate of drug-likeness (QED) is 0.407. The van der Waals surface area contributed by atoms with Crippen molar-refractivity contribution in [3.8, 4) is 5.75 Å². The molecule has 0 saturated carbocycles. The molecule has 2 aromatic carbocycles. The fourth-order valence-electron chi connectivity index (χ4n) is 4.90. The Morgan fingerprint density at radius 3 is 2.00 bits per heavy atom. The molecule has 0 amide bonds. The van der Waals surface area contributed by atoms with E-state index < -0.39 is 0 Å². The molecule has 3 rings (SSSR count). The van der Waals surface area contributed by atoms with Crippen LogP contribution in [0.1, 0.15) is 88.9 Å². The van der Waals surface area contributed by atoms with E-state index in [2.05, 4.69) is 67.5 Å². The third kappa shape index (κ3) is 5.91. The maximum Gasteiger partial charge on any atom is 0.182 e. The summed E-state index contributed by atoms with van der Waals surface area (Å²) in [7, 11) is 0. The van der Waals surface area contributed by atoms with Gasteiger partial charge in [-0.2, -0.15) is 0 Å². The number of ketones is 1. The molecule has 1 aliphatic heterocycles. The maximum atomic E-state index is 13.5. The van der Waals surface area contributed by atoms with E-state index >= 15 is 0 Å². The minimum absolute atomic E-state index is 0. The summed E-state index contributed by atoms with van der Waals surface area (Å²) in [5.41, 5.74) is 2.56. The van der Waals surface area contributed by atoms with Gasteiger partial charge in [0, 0.05) is 28.1 Å². The van der Waals surface area contributed by atoms with Crippen LogP contribution in [0.4, 0.5) is 0 Å². The van der Waals surface area contributed by atoms with E-state index in [0.717, 1.165) is 24.0 Å².